The summed E-state index contributed by atoms with van der Waals surface area (Å²) >= 11 is 6.15. The van der Waals surface area contributed by atoms with Crippen molar-refractivity contribution in [2.45, 2.75) is 31.8 Å². The van der Waals surface area contributed by atoms with Gasteiger partial charge in [-0.1, -0.05) is 35.9 Å². The molecule has 0 fully saturated rings. The van der Waals surface area contributed by atoms with E-state index in [2.05, 4.69) is 22.4 Å². The number of guanidine groups is 1. The number of benzene rings is 2. The highest BCUT2D eigenvalue weighted by Gasteiger charge is 2.25. The van der Waals surface area contributed by atoms with Gasteiger partial charge in [-0.2, -0.15) is 0 Å². The summed E-state index contributed by atoms with van der Waals surface area (Å²) < 4.78 is 0. The number of aryl methyl sites for hydroxylation is 2. The molecule has 0 bridgehead atoms. The van der Waals surface area contributed by atoms with Gasteiger partial charge in [0.15, 0.2) is 5.96 Å². The van der Waals surface area contributed by atoms with E-state index in [1.165, 1.54) is 17.5 Å². The Hall–Kier alpha value is -1.31. The van der Waals surface area contributed by atoms with Crippen molar-refractivity contribution < 1.29 is 5.11 Å². The number of anilines is 1. The summed E-state index contributed by atoms with van der Waals surface area (Å²) in [4.78, 5) is 4.28. The van der Waals surface area contributed by atoms with Crippen molar-refractivity contribution in [3.05, 3.63) is 64.2 Å². The summed E-state index contributed by atoms with van der Waals surface area (Å²) in [6.07, 6.45) is 3.48. The normalized spacial score (nSPS) is 15.9. The average molecular weight is 472 g/mol. The van der Waals surface area contributed by atoms with Crippen LogP contribution in [0.2, 0.25) is 5.02 Å². The molecule has 0 aromatic heterocycles. The SMILES string of the molecule is CC(O)(CN=C(N)Nc1ccc2c(c1)CCC2)c1ccccc1Cl.I. The molecular formula is C19H23ClIN3O. The molecule has 1 aliphatic rings. The van der Waals surface area contributed by atoms with E-state index in [4.69, 9.17) is 17.3 Å². The van der Waals surface area contributed by atoms with Gasteiger partial charge >= 0.3 is 0 Å². The van der Waals surface area contributed by atoms with Crippen molar-refractivity contribution in [2.75, 3.05) is 11.9 Å². The van der Waals surface area contributed by atoms with Crippen molar-refractivity contribution in [1.82, 2.24) is 0 Å². The lowest BCUT2D eigenvalue weighted by Gasteiger charge is -2.23. The van der Waals surface area contributed by atoms with Gasteiger partial charge in [-0.3, -0.25) is 0 Å². The molecule has 0 heterocycles. The molecule has 25 heavy (non-hydrogen) atoms. The third kappa shape index (κ3) is 4.86. The number of hydrogen-bond donors (Lipinski definition) is 3. The van der Waals surface area contributed by atoms with Gasteiger partial charge in [0.2, 0.25) is 0 Å². The molecule has 0 radical (unpaired) electrons. The Labute approximate surface area is 170 Å². The number of fused-ring (bicyclic) bond motifs is 1. The zero-order valence-electron chi connectivity index (χ0n) is 14.1. The summed E-state index contributed by atoms with van der Waals surface area (Å²) in [6.45, 7) is 1.81. The predicted molar refractivity (Wildman–Crippen MR) is 115 cm³/mol. The van der Waals surface area contributed by atoms with E-state index in [0.29, 0.717) is 10.6 Å². The van der Waals surface area contributed by atoms with Crippen molar-refractivity contribution in [3.63, 3.8) is 0 Å². The van der Waals surface area contributed by atoms with E-state index >= 15 is 0 Å². The second-order valence-corrected chi connectivity index (χ2v) is 6.82. The van der Waals surface area contributed by atoms with Gasteiger partial charge < -0.3 is 16.2 Å². The Kier molecular flexibility index (Phi) is 6.71. The van der Waals surface area contributed by atoms with E-state index in [9.17, 15) is 5.11 Å². The first-order valence-corrected chi connectivity index (χ1v) is 8.50. The Morgan fingerprint density at radius 1 is 1.24 bits per heavy atom. The fourth-order valence-electron chi connectivity index (χ4n) is 3.06. The molecule has 2 aromatic rings. The minimum atomic E-state index is -1.18. The second-order valence-electron chi connectivity index (χ2n) is 6.42. The van der Waals surface area contributed by atoms with Crippen molar-refractivity contribution in [2.24, 2.45) is 10.7 Å². The maximum absolute atomic E-state index is 10.6. The molecule has 1 unspecified atom stereocenters. The fraction of sp³-hybridized carbons (Fsp3) is 0.316. The van der Waals surface area contributed by atoms with Crippen LogP contribution in [-0.2, 0) is 18.4 Å². The molecular weight excluding hydrogens is 449 g/mol. The average Bonchev–Trinajstić information content (AvgIpc) is 3.01. The highest BCUT2D eigenvalue weighted by atomic mass is 127. The molecule has 1 aliphatic carbocycles. The maximum atomic E-state index is 10.6. The molecule has 0 saturated carbocycles. The number of nitrogens with one attached hydrogen (secondary N) is 1. The molecule has 3 rings (SSSR count). The minimum Gasteiger partial charge on any atom is -0.383 e. The fourth-order valence-corrected chi connectivity index (χ4v) is 3.40. The van der Waals surface area contributed by atoms with Gasteiger partial charge in [-0.05, 0) is 55.5 Å². The van der Waals surface area contributed by atoms with Gasteiger partial charge in [0, 0.05) is 16.3 Å². The van der Waals surface area contributed by atoms with Crippen molar-refractivity contribution in [3.8, 4) is 0 Å². The number of aliphatic hydroxyl groups is 1. The molecule has 0 amide bonds. The highest BCUT2D eigenvalue weighted by molar-refractivity contribution is 14.0. The lowest BCUT2D eigenvalue weighted by molar-refractivity contribution is 0.0675. The van der Waals surface area contributed by atoms with Gasteiger partial charge in [-0.25, -0.2) is 4.99 Å². The highest BCUT2D eigenvalue weighted by Crippen LogP contribution is 2.28. The van der Waals surface area contributed by atoms with Crippen LogP contribution in [0.5, 0.6) is 0 Å². The van der Waals surface area contributed by atoms with Crippen LogP contribution in [0.15, 0.2) is 47.5 Å². The van der Waals surface area contributed by atoms with Gasteiger partial charge in [0.1, 0.15) is 5.60 Å². The Balaban J connectivity index is 0.00000225. The summed E-state index contributed by atoms with van der Waals surface area (Å²) in [5.74, 6) is 0.278. The maximum Gasteiger partial charge on any atom is 0.193 e. The largest absolute Gasteiger partial charge is 0.383 e. The van der Waals surface area contributed by atoms with Crippen LogP contribution in [0, 0.1) is 0 Å². The molecule has 1 atom stereocenters. The molecule has 2 aromatic carbocycles. The van der Waals surface area contributed by atoms with E-state index < -0.39 is 5.60 Å². The Morgan fingerprint density at radius 3 is 2.72 bits per heavy atom. The number of nitrogens with zero attached hydrogens (tertiary/aromatic N) is 1. The number of halogens is 2. The van der Waals surface area contributed by atoms with Gasteiger partial charge in [0.05, 0.1) is 6.54 Å². The van der Waals surface area contributed by atoms with Crippen LogP contribution in [0.3, 0.4) is 0 Å². The third-order valence-electron chi connectivity index (χ3n) is 4.38. The number of rotatable bonds is 4. The van der Waals surface area contributed by atoms with Crippen LogP contribution in [0.1, 0.15) is 30.0 Å². The molecule has 4 N–H and O–H groups in total. The summed E-state index contributed by atoms with van der Waals surface area (Å²) in [6, 6.07) is 13.5. The van der Waals surface area contributed by atoms with E-state index in [-0.39, 0.29) is 36.5 Å². The van der Waals surface area contributed by atoms with Crippen molar-refractivity contribution >= 4 is 47.2 Å². The zero-order chi connectivity index (χ0) is 17.2. The Morgan fingerprint density at radius 2 is 1.96 bits per heavy atom. The summed E-state index contributed by atoms with van der Waals surface area (Å²) in [5, 5.41) is 14.2. The molecule has 0 saturated heterocycles. The Bertz CT molecular complexity index is 777. The summed E-state index contributed by atoms with van der Waals surface area (Å²) in [7, 11) is 0. The van der Waals surface area contributed by atoms with Gasteiger partial charge in [0.25, 0.3) is 0 Å². The number of aliphatic imine (C=N–C) groups is 1. The van der Waals surface area contributed by atoms with Crippen molar-refractivity contribution in [1.29, 1.82) is 0 Å². The quantitative estimate of drug-likeness (QED) is 0.357. The van der Waals surface area contributed by atoms with Gasteiger partial charge in [-0.15, -0.1) is 24.0 Å². The van der Waals surface area contributed by atoms with Crippen LogP contribution in [-0.4, -0.2) is 17.6 Å². The monoisotopic (exact) mass is 471 g/mol. The zero-order valence-corrected chi connectivity index (χ0v) is 17.2. The predicted octanol–water partition coefficient (Wildman–Crippen LogP) is 4.08. The second kappa shape index (κ2) is 8.38. The smallest absolute Gasteiger partial charge is 0.193 e. The van der Waals surface area contributed by atoms with Crippen LogP contribution < -0.4 is 11.1 Å². The van der Waals surface area contributed by atoms with Crippen LogP contribution >= 0.6 is 35.6 Å². The van der Waals surface area contributed by atoms with E-state index in [0.717, 1.165) is 18.5 Å². The molecule has 6 heteroatoms. The topological polar surface area (TPSA) is 70.6 Å². The first kappa shape index (κ1) is 20.0. The summed E-state index contributed by atoms with van der Waals surface area (Å²) in [5.41, 5.74) is 9.14. The number of nitrogens with two attached hydrogens (primary N) is 1. The molecule has 4 nitrogen and oxygen atoms in total. The number of hydrogen-bond acceptors (Lipinski definition) is 2. The molecule has 0 spiro atoms. The van der Waals surface area contributed by atoms with Crippen LogP contribution in [0.4, 0.5) is 5.69 Å². The lowest BCUT2D eigenvalue weighted by Crippen LogP contribution is -2.30. The molecule has 134 valence electrons. The first-order chi connectivity index (χ1) is 11.5. The lowest BCUT2D eigenvalue weighted by atomic mass is 9.96. The minimum absolute atomic E-state index is 0. The standard InChI is InChI=1S/C19H22ClN3O.HI/c1-19(24,16-7-2-3-8-17(16)20)12-22-18(21)23-15-10-9-13-5-4-6-14(13)11-15;/h2-3,7-11,24H,4-6,12H2,1H3,(H3,21,22,23);1H. The first-order valence-electron chi connectivity index (χ1n) is 8.12. The third-order valence-corrected chi connectivity index (χ3v) is 4.71. The van der Waals surface area contributed by atoms with E-state index in [1.807, 2.05) is 18.2 Å². The van der Waals surface area contributed by atoms with Crippen LogP contribution in [0.25, 0.3) is 0 Å². The van der Waals surface area contributed by atoms with E-state index in [1.54, 1.807) is 19.1 Å². The molecule has 0 aliphatic heterocycles.